The minimum absolute atomic E-state index is 0.498. The van der Waals surface area contributed by atoms with E-state index in [0.717, 1.165) is 50.1 Å². The Labute approximate surface area is 370 Å². The van der Waals surface area contributed by atoms with Crippen molar-refractivity contribution in [2.24, 2.45) is 0 Å². The van der Waals surface area contributed by atoms with Crippen molar-refractivity contribution in [2.45, 2.75) is 5.41 Å². The SMILES string of the molecule is c1ccc(N(c2ccc(-c3cc4c5c(c3)c3ccccc3n5-c3ccccc3C43c4ccccc4-c4ccccc43)cc2)c2ccccc2-c2ccc3c(c2)oc2ccccc23)cc1. The molecule has 0 unspecified atom stereocenters. The van der Waals surface area contributed by atoms with E-state index in [0.29, 0.717) is 0 Å². The van der Waals surface area contributed by atoms with Crippen molar-refractivity contribution in [3.63, 3.8) is 0 Å². The topological polar surface area (TPSA) is 21.3 Å². The van der Waals surface area contributed by atoms with Crippen molar-refractivity contribution < 1.29 is 4.42 Å². The molecule has 2 aliphatic rings. The fraction of sp³-hybridized carbons (Fsp3) is 0.0164. The summed E-state index contributed by atoms with van der Waals surface area (Å²) in [7, 11) is 0. The van der Waals surface area contributed by atoms with Crippen LogP contribution in [0.15, 0.2) is 235 Å². The number of fused-ring (bicyclic) bond motifs is 15. The van der Waals surface area contributed by atoms with Crippen LogP contribution in [0, 0.1) is 0 Å². The van der Waals surface area contributed by atoms with Crippen LogP contribution in [0.5, 0.6) is 0 Å². The van der Waals surface area contributed by atoms with E-state index in [1.807, 2.05) is 12.1 Å². The smallest absolute Gasteiger partial charge is 0.136 e. The number of furan rings is 1. The number of nitrogens with zero attached hydrogens (tertiary/aromatic N) is 2. The maximum atomic E-state index is 6.38. The van der Waals surface area contributed by atoms with E-state index in [4.69, 9.17) is 4.42 Å². The Balaban J connectivity index is 0.968. The molecule has 2 aromatic heterocycles. The van der Waals surface area contributed by atoms with Crippen LogP contribution < -0.4 is 4.90 Å². The Bertz CT molecular complexity index is 3810. The molecule has 1 spiro atoms. The zero-order valence-corrected chi connectivity index (χ0v) is 34.7. The molecule has 298 valence electrons. The minimum Gasteiger partial charge on any atom is -0.456 e. The lowest BCUT2D eigenvalue weighted by molar-refractivity contribution is 0.669. The Morgan fingerprint density at radius 3 is 1.75 bits per heavy atom. The number of rotatable bonds is 5. The van der Waals surface area contributed by atoms with E-state index in [9.17, 15) is 0 Å². The van der Waals surface area contributed by atoms with E-state index in [1.165, 1.54) is 72.0 Å². The molecule has 12 aromatic rings. The molecule has 14 rings (SSSR count). The highest BCUT2D eigenvalue weighted by molar-refractivity contribution is 6.14. The Morgan fingerprint density at radius 2 is 0.953 bits per heavy atom. The van der Waals surface area contributed by atoms with E-state index >= 15 is 0 Å². The average molecular weight is 815 g/mol. The van der Waals surface area contributed by atoms with Crippen LogP contribution in [0.1, 0.15) is 22.3 Å². The number of benzene rings is 10. The summed E-state index contributed by atoms with van der Waals surface area (Å²) in [4.78, 5) is 2.38. The predicted octanol–water partition coefficient (Wildman–Crippen LogP) is 16.2. The molecule has 64 heavy (non-hydrogen) atoms. The third kappa shape index (κ3) is 4.76. The van der Waals surface area contributed by atoms with Gasteiger partial charge in [-0.2, -0.15) is 0 Å². The summed E-state index contributed by atoms with van der Waals surface area (Å²) in [6, 6.07) is 84.5. The number of para-hydroxylation sites is 5. The van der Waals surface area contributed by atoms with Crippen LogP contribution in [0.25, 0.3) is 82.8 Å². The fourth-order valence-corrected chi connectivity index (χ4v) is 11.4. The third-order valence-corrected chi connectivity index (χ3v) is 14.0. The summed E-state index contributed by atoms with van der Waals surface area (Å²) in [5.41, 5.74) is 20.8. The van der Waals surface area contributed by atoms with Gasteiger partial charge in [0.2, 0.25) is 0 Å². The van der Waals surface area contributed by atoms with Crippen molar-refractivity contribution in [1.82, 2.24) is 4.57 Å². The first-order valence-electron chi connectivity index (χ1n) is 22.1. The minimum atomic E-state index is -0.498. The van der Waals surface area contributed by atoms with E-state index in [2.05, 4.69) is 228 Å². The second-order valence-electron chi connectivity index (χ2n) is 17.2. The lowest BCUT2D eigenvalue weighted by Crippen LogP contribution is -2.33. The van der Waals surface area contributed by atoms with Crippen LogP contribution in [0.3, 0.4) is 0 Å². The molecule has 3 heterocycles. The van der Waals surface area contributed by atoms with Gasteiger partial charge in [-0.05, 0) is 123 Å². The first-order valence-corrected chi connectivity index (χ1v) is 22.1. The van der Waals surface area contributed by atoms with Crippen LogP contribution >= 0.6 is 0 Å². The monoisotopic (exact) mass is 814 g/mol. The van der Waals surface area contributed by atoms with Gasteiger partial charge in [0.15, 0.2) is 0 Å². The summed E-state index contributed by atoms with van der Waals surface area (Å²) in [5, 5.41) is 4.79. The van der Waals surface area contributed by atoms with Crippen LogP contribution in [0.4, 0.5) is 17.1 Å². The van der Waals surface area contributed by atoms with Crippen molar-refractivity contribution in [1.29, 1.82) is 0 Å². The van der Waals surface area contributed by atoms with Crippen LogP contribution in [-0.2, 0) is 5.41 Å². The van der Waals surface area contributed by atoms with Gasteiger partial charge < -0.3 is 13.9 Å². The largest absolute Gasteiger partial charge is 0.456 e. The van der Waals surface area contributed by atoms with Crippen molar-refractivity contribution in [3.8, 4) is 39.1 Å². The van der Waals surface area contributed by atoms with Gasteiger partial charge in [0, 0.05) is 38.5 Å². The summed E-state index contributed by atoms with van der Waals surface area (Å²) in [6.07, 6.45) is 0. The first-order chi connectivity index (χ1) is 31.8. The standard InChI is InChI=1S/C61H38N2O/c1-2-16-42(17-3-1)62(55-26-12-6-18-44(55)40-32-35-49-48-22-8-15-29-58(48)64-59(49)38-40)43-33-30-39(31-34-43)41-36-50-47-21-7-13-27-56(47)63-57-28-14-11-25-53(57)61(54(37-41)60(50)63)51-23-9-4-19-45(51)46-20-5-10-24-52(46)61/h1-38H. The Morgan fingerprint density at radius 1 is 0.359 bits per heavy atom. The van der Waals surface area contributed by atoms with E-state index in [-0.39, 0.29) is 0 Å². The third-order valence-electron chi connectivity index (χ3n) is 14.0. The molecule has 3 heteroatoms. The lowest BCUT2D eigenvalue weighted by atomic mass is 9.65. The molecule has 0 bridgehead atoms. The molecule has 0 N–H and O–H groups in total. The quantitative estimate of drug-likeness (QED) is 0.173. The van der Waals surface area contributed by atoms with Crippen molar-refractivity contribution >= 4 is 60.8 Å². The second-order valence-corrected chi connectivity index (χ2v) is 17.2. The Hall–Kier alpha value is -8.40. The molecular weight excluding hydrogens is 777 g/mol. The number of anilines is 3. The van der Waals surface area contributed by atoms with Gasteiger partial charge in [0.25, 0.3) is 0 Å². The maximum absolute atomic E-state index is 6.38. The molecule has 0 saturated heterocycles. The van der Waals surface area contributed by atoms with Gasteiger partial charge >= 0.3 is 0 Å². The molecule has 1 aliphatic carbocycles. The van der Waals surface area contributed by atoms with Crippen molar-refractivity contribution in [2.75, 3.05) is 4.90 Å². The normalized spacial score (nSPS) is 13.1. The van der Waals surface area contributed by atoms with Crippen molar-refractivity contribution in [3.05, 3.63) is 253 Å². The van der Waals surface area contributed by atoms with Gasteiger partial charge in [0.1, 0.15) is 11.2 Å². The summed E-state index contributed by atoms with van der Waals surface area (Å²) >= 11 is 0. The molecule has 0 fully saturated rings. The molecule has 1 aliphatic heterocycles. The molecule has 0 amide bonds. The zero-order valence-electron chi connectivity index (χ0n) is 34.7. The van der Waals surface area contributed by atoms with E-state index in [1.54, 1.807) is 0 Å². The molecule has 0 atom stereocenters. The predicted molar refractivity (Wildman–Crippen MR) is 264 cm³/mol. The maximum Gasteiger partial charge on any atom is 0.136 e. The number of aromatic nitrogens is 1. The summed E-state index contributed by atoms with van der Waals surface area (Å²) in [5.74, 6) is 0. The molecule has 3 nitrogen and oxygen atoms in total. The highest BCUT2D eigenvalue weighted by Gasteiger charge is 2.50. The zero-order chi connectivity index (χ0) is 41.9. The van der Waals surface area contributed by atoms with Crippen LogP contribution in [-0.4, -0.2) is 4.57 Å². The Kier molecular flexibility index (Phi) is 7.32. The van der Waals surface area contributed by atoms with Gasteiger partial charge in [-0.3, -0.25) is 0 Å². The molecule has 0 radical (unpaired) electrons. The fourth-order valence-electron chi connectivity index (χ4n) is 11.4. The number of hydrogen-bond acceptors (Lipinski definition) is 2. The highest BCUT2D eigenvalue weighted by atomic mass is 16.3. The van der Waals surface area contributed by atoms with Gasteiger partial charge in [-0.15, -0.1) is 0 Å². The average Bonchev–Trinajstić information content (AvgIpc) is 4.01. The molecular formula is C61H38N2O. The molecule has 0 saturated carbocycles. The lowest BCUT2D eigenvalue weighted by Gasteiger charge is -2.39. The molecule has 10 aromatic carbocycles. The van der Waals surface area contributed by atoms with Gasteiger partial charge in [0.05, 0.1) is 27.8 Å². The van der Waals surface area contributed by atoms with Gasteiger partial charge in [-0.25, -0.2) is 0 Å². The van der Waals surface area contributed by atoms with E-state index < -0.39 is 5.41 Å². The second kappa shape index (κ2) is 13.3. The summed E-state index contributed by atoms with van der Waals surface area (Å²) < 4.78 is 8.91. The number of hydrogen-bond donors (Lipinski definition) is 0. The first kappa shape index (κ1) is 35.2. The highest BCUT2D eigenvalue weighted by Crippen LogP contribution is 2.61. The van der Waals surface area contributed by atoms with Gasteiger partial charge in [-0.1, -0.05) is 158 Å². The van der Waals surface area contributed by atoms with Crippen LogP contribution in [0.2, 0.25) is 0 Å². The summed E-state index contributed by atoms with van der Waals surface area (Å²) in [6.45, 7) is 0.